The normalized spacial score (nSPS) is 14.9. The van der Waals surface area contributed by atoms with Gasteiger partial charge in [0.05, 0.1) is 26.9 Å². The second-order valence-corrected chi connectivity index (χ2v) is 5.93. The third-order valence-corrected chi connectivity index (χ3v) is 4.26. The van der Waals surface area contributed by atoms with Gasteiger partial charge < -0.3 is 24.1 Å². The second kappa shape index (κ2) is 8.51. The molecular formula is C18H23N4O3+. The van der Waals surface area contributed by atoms with Gasteiger partial charge in [-0.2, -0.15) is 10.2 Å². The second-order valence-electron chi connectivity index (χ2n) is 5.93. The number of oxazole rings is 1. The monoisotopic (exact) mass is 343 g/mol. The molecule has 1 saturated heterocycles. The zero-order valence-electron chi connectivity index (χ0n) is 14.4. The van der Waals surface area contributed by atoms with E-state index in [0.717, 1.165) is 57.1 Å². The number of anilines is 1. The van der Waals surface area contributed by atoms with Gasteiger partial charge in [-0.15, -0.1) is 0 Å². The fourth-order valence-corrected chi connectivity index (χ4v) is 2.82. The number of methoxy groups -OCH3 is 1. The van der Waals surface area contributed by atoms with Gasteiger partial charge in [-0.05, 0) is 24.3 Å². The SMILES string of the molecule is COc1ccc(-c2nc(C#N)c(NCCC[NH+]3CCOCC3)o2)cc1. The van der Waals surface area contributed by atoms with E-state index in [9.17, 15) is 5.26 Å². The lowest BCUT2D eigenvalue weighted by atomic mass is 10.2. The average molecular weight is 343 g/mol. The summed E-state index contributed by atoms with van der Waals surface area (Å²) in [5.41, 5.74) is 1.09. The van der Waals surface area contributed by atoms with Gasteiger partial charge >= 0.3 is 0 Å². The smallest absolute Gasteiger partial charge is 0.232 e. The molecule has 7 nitrogen and oxygen atoms in total. The number of rotatable bonds is 7. The van der Waals surface area contributed by atoms with Gasteiger partial charge in [0.2, 0.25) is 17.5 Å². The van der Waals surface area contributed by atoms with Crippen LogP contribution in [0.15, 0.2) is 28.7 Å². The maximum Gasteiger partial charge on any atom is 0.232 e. The molecule has 2 N–H and O–H groups in total. The van der Waals surface area contributed by atoms with Crippen molar-refractivity contribution in [3.05, 3.63) is 30.0 Å². The molecule has 0 amide bonds. The summed E-state index contributed by atoms with van der Waals surface area (Å²) in [5, 5.41) is 12.5. The van der Waals surface area contributed by atoms with E-state index in [1.807, 2.05) is 24.3 Å². The van der Waals surface area contributed by atoms with Gasteiger partial charge in [0.1, 0.15) is 24.9 Å². The van der Waals surface area contributed by atoms with Gasteiger partial charge in [-0.25, -0.2) is 0 Å². The average Bonchev–Trinajstić information content (AvgIpc) is 3.09. The van der Waals surface area contributed by atoms with Crippen molar-refractivity contribution in [1.29, 1.82) is 5.26 Å². The molecule has 2 heterocycles. The molecule has 2 aromatic rings. The Morgan fingerprint density at radius 3 is 2.72 bits per heavy atom. The molecule has 0 spiro atoms. The van der Waals surface area contributed by atoms with Crippen LogP contribution in [0.1, 0.15) is 12.1 Å². The van der Waals surface area contributed by atoms with E-state index in [0.29, 0.717) is 11.8 Å². The van der Waals surface area contributed by atoms with Gasteiger partial charge in [-0.3, -0.25) is 0 Å². The molecule has 3 rings (SSSR count). The Morgan fingerprint density at radius 1 is 1.28 bits per heavy atom. The van der Waals surface area contributed by atoms with Crippen molar-refractivity contribution in [2.24, 2.45) is 0 Å². The van der Waals surface area contributed by atoms with E-state index >= 15 is 0 Å². The highest BCUT2D eigenvalue weighted by Gasteiger charge is 2.16. The van der Waals surface area contributed by atoms with E-state index in [2.05, 4.69) is 16.4 Å². The first-order chi connectivity index (χ1) is 12.3. The molecule has 1 aliphatic heterocycles. The van der Waals surface area contributed by atoms with E-state index < -0.39 is 0 Å². The van der Waals surface area contributed by atoms with Crippen LogP contribution < -0.4 is 15.0 Å². The summed E-state index contributed by atoms with van der Waals surface area (Å²) in [4.78, 5) is 5.83. The van der Waals surface area contributed by atoms with Gasteiger partial charge in [0.25, 0.3) is 0 Å². The maximum absolute atomic E-state index is 9.27. The Hall–Kier alpha value is -2.56. The molecule has 0 saturated carbocycles. The minimum atomic E-state index is 0.282. The van der Waals surface area contributed by atoms with E-state index in [-0.39, 0.29) is 5.69 Å². The van der Waals surface area contributed by atoms with Crippen molar-refractivity contribution in [3.8, 4) is 23.3 Å². The van der Waals surface area contributed by atoms with Crippen LogP contribution in [0.3, 0.4) is 0 Å². The minimum Gasteiger partial charge on any atom is -0.497 e. The van der Waals surface area contributed by atoms with Crippen molar-refractivity contribution in [1.82, 2.24) is 4.98 Å². The number of nitriles is 1. The standard InChI is InChI=1S/C18H22N4O3/c1-23-15-5-3-14(4-6-15)17-21-16(13-19)18(25-17)20-7-2-8-22-9-11-24-12-10-22/h3-6,20H,2,7-12H2,1H3/p+1. The quantitative estimate of drug-likeness (QED) is 0.728. The summed E-state index contributed by atoms with van der Waals surface area (Å²) in [5.74, 6) is 1.63. The van der Waals surface area contributed by atoms with Crippen LogP contribution >= 0.6 is 0 Å². The fourth-order valence-electron chi connectivity index (χ4n) is 2.82. The minimum absolute atomic E-state index is 0.282. The van der Waals surface area contributed by atoms with Crippen molar-refractivity contribution in [2.45, 2.75) is 6.42 Å². The Kier molecular flexibility index (Phi) is 5.88. The molecule has 7 heteroatoms. The highest BCUT2D eigenvalue weighted by Crippen LogP contribution is 2.26. The van der Waals surface area contributed by atoms with E-state index in [4.69, 9.17) is 13.9 Å². The summed E-state index contributed by atoms with van der Waals surface area (Å²) in [6.07, 6.45) is 0.999. The first-order valence-corrected chi connectivity index (χ1v) is 8.50. The van der Waals surface area contributed by atoms with Gasteiger partial charge in [0, 0.05) is 18.5 Å². The molecule has 1 aromatic heterocycles. The number of hydrogen-bond donors (Lipinski definition) is 2. The molecule has 1 aromatic carbocycles. The lowest BCUT2D eigenvalue weighted by Gasteiger charge is -2.23. The van der Waals surface area contributed by atoms with Crippen LogP contribution in [0, 0.1) is 11.3 Å². The topological polar surface area (TPSA) is 84.8 Å². The molecule has 0 aliphatic carbocycles. The fraction of sp³-hybridized carbons (Fsp3) is 0.444. The first kappa shape index (κ1) is 17.3. The van der Waals surface area contributed by atoms with Crippen LogP contribution in [-0.2, 0) is 4.74 Å². The molecule has 0 unspecified atom stereocenters. The van der Waals surface area contributed by atoms with Crippen LogP contribution in [0.4, 0.5) is 5.88 Å². The highest BCUT2D eigenvalue weighted by atomic mass is 16.5. The molecule has 0 radical (unpaired) electrons. The zero-order valence-corrected chi connectivity index (χ0v) is 14.4. The van der Waals surface area contributed by atoms with Crippen molar-refractivity contribution in [2.75, 3.05) is 51.8 Å². The summed E-state index contributed by atoms with van der Waals surface area (Å²) in [6.45, 7) is 5.64. The molecule has 0 bridgehead atoms. The number of nitrogens with zero attached hydrogens (tertiary/aromatic N) is 2. The number of ether oxygens (including phenoxy) is 2. The first-order valence-electron chi connectivity index (χ1n) is 8.50. The van der Waals surface area contributed by atoms with Crippen molar-refractivity contribution >= 4 is 5.88 Å². The maximum atomic E-state index is 9.27. The van der Waals surface area contributed by atoms with Crippen molar-refractivity contribution in [3.63, 3.8) is 0 Å². The number of aromatic nitrogens is 1. The highest BCUT2D eigenvalue weighted by molar-refractivity contribution is 5.59. The predicted molar refractivity (Wildman–Crippen MR) is 92.7 cm³/mol. The lowest BCUT2D eigenvalue weighted by molar-refractivity contribution is -0.908. The molecule has 25 heavy (non-hydrogen) atoms. The summed E-state index contributed by atoms with van der Waals surface area (Å²) in [6, 6.07) is 9.48. The lowest BCUT2D eigenvalue weighted by Crippen LogP contribution is -3.14. The summed E-state index contributed by atoms with van der Waals surface area (Å²) >= 11 is 0. The molecule has 1 fully saturated rings. The molecule has 1 aliphatic rings. The molecular weight excluding hydrogens is 320 g/mol. The summed E-state index contributed by atoms with van der Waals surface area (Å²) in [7, 11) is 1.62. The number of quaternary nitrogens is 1. The molecule has 132 valence electrons. The third-order valence-electron chi connectivity index (χ3n) is 4.26. The number of nitrogens with one attached hydrogen (secondary N) is 2. The largest absolute Gasteiger partial charge is 0.497 e. The Morgan fingerprint density at radius 2 is 2.04 bits per heavy atom. The van der Waals surface area contributed by atoms with Crippen LogP contribution in [-0.4, -0.2) is 51.5 Å². The Bertz CT molecular complexity index is 715. The zero-order chi connectivity index (χ0) is 17.5. The van der Waals surface area contributed by atoms with Crippen LogP contribution in [0.5, 0.6) is 5.75 Å². The van der Waals surface area contributed by atoms with E-state index in [1.165, 1.54) is 0 Å². The van der Waals surface area contributed by atoms with Gasteiger partial charge in [-0.1, -0.05) is 0 Å². The third kappa shape index (κ3) is 4.50. The summed E-state index contributed by atoms with van der Waals surface area (Å²) < 4.78 is 16.3. The number of morpholine rings is 1. The molecule has 0 atom stereocenters. The Balaban J connectivity index is 1.57. The number of benzene rings is 1. The Labute approximate surface area is 147 Å². The van der Waals surface area contributed by atoms with Crippen LogP contribution in [0.25, 0.3) is 11.5 Å². The number of hydrogen-bond acceptors (Lipinski definition) is 6. The van der Waals surface area contributed by atoms with E-state index in [1.54, 1.807) is 12.0 Å². The predicted octanol–water partition coefficient (Wildman–Crippen LogP) is 0.939. The van der Waals surface area contributed by atoms with Crippen molar-refractivity contribution < 1.29 is 18.8 Å². The van der Waals surface area contributed by atoms with Crippen LogP contribution in [0.2, 0.25) is 0 Å². The van der Waals surface area contributed by atoms with Gasteiger partial charge in [0.15, 0.2) is 0 Å².